The number of amides is 2. The minimum atomic E-state index is -0.414. The van der Waals surface area contributed by atoms with Crippen LogP contribution in [0.25, 0.3) is 0 Å². The first kappa shape index (κ1) is 17.6. The summed E-state index contributed by atoms with van der Waals surface area (Å²) in [7, 11) is 0. The summed E-state index contributed by atoms with van der Waals surface area (Å²) in [6.45, 7) is -0.0342. The van der Waals surface area contributed by atoms with Crippen LogP contribution in [-0.2, 0) is 9.59 Å². The summed E-state index contributed by atoms with van der Waals surface area (Å²) in [6.07, 6.45) is 1.61. The quantitative estimate of drug-likeness (QED) is 0.732. The van der Waals surface area contributed by atoms with E-state index in [4.69, 9.17) is 21.6 Å². The van der Waals surface area contributed by atoms with Crippen molar-refractivity contribution >= 4 is 39.3 Å². The lowest BCUT2D eigenvalue weighted by Gasteiger charge is -2.10. The Kier molecular flexibility index (Phi) is 5.85. The molecule has 8 heteroatoms. The van der Waals surface area contributed by atoms with Crippen LogP contribution in [-0.4, -0.2) is 31.5 Å². The number of benzene rings is 1. The number of ether oxygens (including phenoxy) is 1. The van der Waals surface area contributed by atoms with Crippen LogP contribution in [0, 0.1) is 16.7 Å². The zero-order valence-electron chi connectivity index (χ0n) is 12.2. The number of halogens is 2. The van der Waals surface area contributed by atoms with Crippen LogP contribution in [0.2, 0.25) is 5.02 Å². The molecule has 0 spiro atoms. The molecule has 1 aliphatic carbocycles. The highest BCUT2D eigenvalue weighted by Crippen LogP contribution is 2.43. The molecule has 2 N–H and O–H groups in total. The summed E-state index contributed by atoms with van der Waals surface area (Å²) in [4.78, 5) is 23.3. The highest BCUT2D eigenvalue weighted by Gasteiger charge is 2.43. The average Bonchev–Trinajstić information content (AvgIpc) is 3.30. The fourth-order valence-corrected chi connectivity index (χ4v) is 2.57. The van der Waals surface area contributed by atoms with Gasteiger partial charge in [-0.1, -0.05) is 11.6 Å². The van der Waals surface area contributed by atoms with Crippen LogP contribution < -0.4 is 15.4 Å². The number of hydrogen-bond acceptors (Lipinski definition) is 4. The van der Waals surface area contributed by atoms with Gasteiger partial charge in [0.05, 0.1) is 22.5 Å². The first-order valence-corrected chi connectivity index (χ1v) is 8.14. The van der Waals surface area contributed by atoms with Crippen molar-refractivity contribution in [3.05, 3.63) is 27.7 Å². The Morgan fingerprint density at radius 3 is 2.70 bits per heavy atom. The van der Waals surface area contributed by atoms with E-state index < -0.39 is 11.3 Å². The van der Waals surface area contributed by atoms with Gasteiger partial charge >= 0.3 is 0 Å². The standard InChI is InChI=1S/C15H15BrClN3O3/c16-11-5-10(17)1-2-12(11)23-7-14(22)19-6-13(21)20-9-15(8-18)3-4-15/h1-2,5H,3-4,6-7,9H2,(H,19,22)(H,20,21). The Hall–Kier alpha value is -1.78. The first-order valence-electron chi connectivity index (χ1n) is 6.97. The Morgan fingerprint density at radius 2 is 2.09 bits per heavy atom. The van der Waals surface area contributed by atoms with Gasteiger partial charge in [0.25, 0.3) is 5.91 Å². The molecule has 0 aromatic heterocycles. The minimum Gasteiger partial charge on any atom is -0.483 e. The van der Waals surface area contributed by atoms with Gasteiger partial charge in [0, 0.05) is 11.6 Å². The highest BCUT2D eigenvalue weighted by molar-refractivity contribution is 9.10. The van der Waals surface area contributed by atoms with Crippen LogP contribution in [0.1, 0.15) is 12.8 Å². The Balaban J connectivity index is 1.66. The molecule has 2 rings (SSSR count). The SMILES string of the molecule is N#CC1(CNC(=O)CNC(=O)COc2ccc(Cl)cc2Br)CC1. The van der Waals surface area contributed by atoms with E-state index in [9.17, 15) is 9.59 Å². The first-order chi connectivity index (χ1) is 10.9. The van der Waals surface area contributed by atoms with Crippen LogP contribution in [0.5, 0.6) is 5.75 Å². The molecular formula is C15H15BrClN3O3. The number of nitrogens with zero attached hydrogens (tertiary/aromatic N) is 1. The molecule has 1 fully saturated rings. The molecule has 1 aliphatic rings. The third-order valence-corrected chi connectivity index (χ3v) is 4.27. The van der Waals surface area contributed by atoms with Crippen LogP contribution >= 0.6 is 27.5 Å². The fourth-order valence-electron chi connectivity index (χ4n) is 1.77. The van der Waals surface area contributed by atoms with Gasteiger partial charge in [-0.3, -0.25) is 9.59 Å². The monoisotopic (exact) mass is 399 g/mol. The molecule has 1 aromatic carbocycles. The Labute approximate surface area is 147 Å². The Morgan fingerprint density at radius 1 is 1.35 bits per heavy atom. The summed E-state index contributed by atoms with van der Waals surface area (Å²) in [5.74, 6) is -0.255. The van der Waals surface area contributed by atoms with Gasteiger partial charge < -0.3 is 15.4 Å². The molecule has 122 valence electrons. The molecule has 0 unspecified atom stereocenters. The van der Waals surface area contributed by atoms with E-state index in [0.717, 1.165) is 12.8 Å². The summed E-state index contributed by atoms with van der Waals surface area (Å²) < 4.78 is 5.98. The van der Waals surface area contributed by atoms with Crippen LogP contribution in [0.3, 0.4) is 0 Å². The maximum absolute atomic E-state index is 11.7. The molecule has 0 heterocycles. The molecule has 0 aliphatic heterocycles. The van der Waals surface area contributed by atoms with E-state index in [2.05, 4.69) is 32.6 Å². The number of hydrogen-bond donors (Lipinski definition) is 2. The van der Waals surface area contributed by atoms with Crippen LogP contribution in [0.4, 0.5) is 0 Å². The second kappa shape index (κ2) is 7.66. The second-order valence-electron chi connectivity index (χ2n) is 5.31. The summed E-state index contributed by atoms with van der Waals surface area (Å²) >= 11 is 9.09. The lowest BCUT2D eigenvalue weighted by molar-refractivity contribution is -0.127. The van der Waals surface area contributed by atoms with Crippen molar-refractivity contribution < 1.29 is 14.3 Å². The van der Waals surface area contributed by atoms with Crippen molar-refractivity contribution in [2.24, 2.45) is 5.41 Å². The van der Waals surface area contributed by atoms with E-state index in [1.807, 2.05) is 0 Å². The smallest absolute Gasteiger partial charge is 0.258 e. The largest absolute Gasteiger partial charge is 0.483 e. The van der Waals surface area contributed by atoms with Crippen molar-refractivity contribution in [2.45, 2.75) is 12.8 Å². The van der Waals surface area contributed by atoms with Crippen molar-refractivity contribution in [3.8, 4) is 11.8 Å². The molecule has 0 bridgehead atoms. The number of rotatable bonds is 7. The van der Waals surface area contributed by atoms with Crippen molar-refractivity contribution in [1.29, 1.82) is 5.26 Å². The zero-order valence-corrected chi connectivity index (χ0v) is 14.5. The minimum absolute atomic E-state index is 0.147. The Bertz CT molecular complexity index is 656. The molecule has 1 aromatic rings. The van der Waals surface area contributed by atoms with E-state index >= 15 is 0 Å². The molecule has 0 radical (unpaired) electrons. The van der Waals surface area contributed by atoms with E-state index in [0.29, 0.717) is 21.8 Å². The van der Waals surface area contributed by atoms with Crippen molar-refractivity contribution in [3.63, 3.8) is 0 Å². The van der Waals surface area contributed by atoms with E-state index in [1.54, 1.807) is 18.2 Å². The number of carbonyl (C=O) groups is 2. The van der Waals surface area contributed by atoms with Crippen molar-refractivity contribution in [1.82, 2.24) is 10.6 Å². The van der Waals surface area contributed by atoms with Gasteiger partial charge in [0.1, 0.15) is 5.75 Å². The van der Waals surface area contributed by atoms with Gasteiger partial charge in [0.2, 0.25) is 5.91 Å². The zero-order chi connectivity index (χ0) is 16.9. The summed E-state index contributed by atoms with van der Waals surface area (Å²) in [6, 6.07) is 7.13. The number of nitriles is 1. The molecule has 23 heavy (non-hydrogen) atoms. The van der Waals surface area contributed by atoms with E-state index in [-0.39, 0.29) is 19.1 Å². The highest BCUT2D eigenvalue weighted by atomic mass is 79.9. The number of carbonyl (C=O) groups excluding carboxylic acids is 2. The topological polar surface area (TPSA) is 91.2 Å². The molecule has 2 amide bonds. The number of nitrogens with one attached hydrogen (secondary N) is 2. The summed E-state index contributed by atoms with van der Waals surface area (Å²) in [5, 5.41) is 14.6. The molecular weight excluding hydrogens is 386 g/mol. The molecule has 6 nitrogen and oxygen atoms in total. The van der Waals surface area contributed by atoms with Gasteiger partial charge in [0.15, 0.2) is 6.61 Å². The molecule has 0 saturated heterocycles. The predicted octanol–water partition coefficient (Wildman–Crippen LogP) is 2.02. The second-order valence-corrected chi connectivity index (χ2v) is 6.60. The maximum atomic E-state index is 11.7. The van der Waals surface area contributed by atoms with Gasteiger partial charge in [-0.25, -0.2) is 0 Å². The van der Waals surface area contributed by atoms with Crippen molar-refractivity contribution in [2.75, 3.05) is 19.7 Å². The average molecular weight is 401 g/mol. The normalized spacial score (nSPS) is 14.5. The van der Waals surface area contributed by atoms with E-state index in [1.165, 1.54) is 0 Å². The van der Waals surface area contributed by atoms with Crippen LogP contribution in [0.15, 0.2) is 22.7 Å². The lowest BCUT2D eigenvalue weighted by Crippen LogP contribution is -2.40. The van der Waals surface area contributed by atoms with Gasteiger partial charge in [-0.05, 0) is 47.0 Å². The third-order valence-electron chi connectivity index (χ3n) is 3.41. The predicted molar refractivity (Wildman–Crippen MR) is 87.9 cm³/mol. The third kappa shape index (κ3) is 5.41. The summed E-state index contributed by atoms with van der Waals surface area (Å²) in [5.41, 5.74) is -0.399. The molecule has 0 atom stereocenters. The van der Waals surface area contributed by atoms with Gasteiger partial charge in [-0.15, -0.1) is 0 Å². The fraction of sp³-hybridized carbons (Fsp3) is 0.400. The molecule has 1 saturated carbocycles. The lowest BCUT2D eigenvalue weighted by atomic mass is 10.1. The maximum Gasteiger partial charge on any atom is 0.258 e. The van der Waals surface area contributed by atoms with Gasteiger partial charge in [-0.2, -0.15) is 5.26 Å².